The quantitative estimate of drug-likeness (QED) is 0.622. The van der Waals surface area contributed by atoms with Gasteiger partial charge in [0, 0.05) is 31.8 Å². The topological polar surface area (TPSA) is 102 Å². The third-order valence-electron chi connectivity index (χ3n) is 4.00. The minimum absolute atomic E-state index is 0.0913. The predicted octanol–water partition coefficient (Wildman–Crippen LogP) is 1.93. The van der Waals surface area contributed by atoms with Crippen LogP contribution in [0.2, 0.25) is 0 Å². The van der Waals surface area contributed by atoms with Gasteiger partial charge >= 0.3 is 0 Å². The summed E-state index contributed by atoms with van der Waals surface area (Å²) in [5, 5.41) is 5.38. The van der Waals surface area contributed by atoms with Crippen LogP contribution in [-0.4, -0.2) is 40.1 Å². The van der Waals surface area contributed by atoms with Crippen molar-refractivity contribution in [2.45, 2.75) is 24.3 Å². The van der Waals surface area contributed by atoms with Gasteiger partial charge in [0.05, 0.1) is 11.5 Å². The number of sulfone groups is 1. The molecule has 150 valence electrons. The monoisotopic (exact) mass is 404 g/mol. The van der Waals surface area contributed by atoms with E-state index in [1.54, 1.807) is 43.4 Å². The van der Waals surface area contributed by atoms with E-state index in [9.17, 15) is 18.0 Å². The molecule has 2 aromatic rings. The van der Waals surface area contributed by atoms with E-state index < -0.39 is 9.84 Å². The lowest BCUT2D eigenvalue weighted by atomic mass is 10.1. The molecule has 0 aliphatic carbocycles. The van der Waals surface area contributed by atoms with E-state index >= 15 is 0 Å². The zero-order chi connectivity index (χ0) is 20.6. The molecule has 0 atom stereocenters. The van der Waals surface area contributed by atoms with Crippen LogP contribution in [0.3, 0.4) is 0 Å². The van der Waals surface area contributed by atoms with E-state index in [0.717, 1.165) is 11.8 Å². The van der Waals surface area contributed by atoms with Gasteiger partial charge in [0.25, 0.3) is 5.91 Å². The second kappa shape index (κ2) is 9.89. The second-order valence-electron chi connectivity index (χ2n) is 6.25. The maximum atomic E-state index is 11.9. The number of hydrogen-bond donors (Lipinski definition) is 2. The Kier molecular flexibility index (Phi) is 7.57. The number of ether oxygens (including phenoxy) is 1. The van der Waals surface area contributed by atoms with Gasteiger partial charge in [-0.3, -0.25) is 9.59 Å². The summed E-state index contributed by atoms with van der Waals surface area (Å²) < 4.78 is 28.3. The fourth-order valence-electron chi connectivity index (χ4n) is 2.41. The van der Waals surface area contributed by atoms with Crippen molar-refractivity contribution < 1.29 is 22.7 Å². The van der Waals surface area contributed by atoms with Crippen LogP contribution >= 0.6 is 0 Å². The minimum Gasteiger partial charge on any atom is -0.494 e. The SMILES string of the molecule is CNC(=O)c1ccc(CNC(=O)CCCOc2ccc(S(C)(=O)=O)cc2)cc1. The number of hydrogen-bond acceptors (Lipinski definition) is 5. The number of benzene rings is 2. The summed E-state index contributed by atoms with van der Waals surface area (Å²) in [4.78, 5) is 23.6. The normalized spacial score (nSPS) is 10.9. The Hall–Kier alpha value is -2.87. The molecule has 0 spiro atoms. The third kappa shape index (κ3) is 6.70. The van der Waals surface area contributed by atoms with Gasteiger partial charge in [-0.1, -0.05) is 12.1 Å². The first-order chi connectivity index (χ1) is 13.3. The summed E-state index contributed by atoms with van der Waals surface area (Å²) in [7, 11) is -1.65. The molecule has 0 aliphatic heterocycles. The molecule has 0 saturated carbocycles. The molecule has 0 heterocycles. The molecule has 2 aromatic carbocycles. The molecule has 0 bridgehead atoms. The van der Waals surface area contributed by atoms with Gasteiger partial charge < -0.3 is 15.4 Å². The molecule has 2 rings (SSSR count). The lowest BCUT2D eigenvalue weighted by Gasteiger charge is -2.08. The Balaban J connectivity index is 1.68. The molecule has 0 unspecified atom stereocenters. The second-order valence-corrected chi connectivity index (χ2v) is 8.26. The summed E-state index contributed by atoms with van der Waals surface area (Å²) in [6.45, 7) is 0.743. The molecule has 7 nitrogen and oxygen atoms in total. The van der Waals surface area contributed by atoms with Crippen LogP contribution in [0.25, 0.3) is 0 Å². The lowest BCUT2D eigenvalue weighted by Crippen LogP contribution is -2.23. The molecule has 8 heteroatoms. The third-order valence-corrected chi connectivity index (χ3v) is 5.13. The lowest BCUT2D eigenvalue weighted by molar-refractivity contribution is -0.121. The highest BCUT2D eigenvalue weighted by molar-refractivity contribution is 7.90. The molecule has 0 aliphatic rings. The Morgan fingerprint density at radius 2 is 1.64 bits per heavy atom. The summed E-state index contributed by atoms with van der Waals surface area (Å²) in [5.41, 5.74) is 1.47. The van der Waals surface area contributed by atoms with Crippen LogP contribution in [0.15, 0.2) is 53.4 Å². The van der Waals surface area contributed by atoms with Crippen molar-refractivity contribution in [3.05, 3.63) is 59.7 Å². The molecule has 0 radical (unpaired) electrons. The van der Waals surface area contributed by atoms with Crippen LogP contribution < -0.4 is 15.4 Å². The Morgan fingerprint density at radius 3 is 2.21 bits per heavy atom. The van der Waals surface area contributed by atoms with E-state index in [4.69, 9.17) is 4.74 Å². The first-order valence-electron chi connectivity index (χ1n) is 8.80. The van der Waals surface area contributed by atoms with Crippen molar-refractivity contribution in [1.82, 2.24) is 10.6 Å². The first kappa shape index (κ1) is 21.4. The number of rotatable bonds is 9. The summed E-state index contributed by atoms with van der Waals surface area (Å²) in [6.07, 6.45) is 2.00. The van der Waals surface area contributed by atoms with E-state index in [-0.39, 0.29) is 16.7 Å². The highest BCUT2D eigenvalue weighted by Gasteiger charge is 2.07. The Bertz CT molecular complexity index is 907. The van der Waals surface area contributed by atoms with Crippen molar-refractivity contribution in [2.75, 3.05) is 19.9 Å². The van der Waals surface area contributed by atoms with Gasteiger partial charge in [-0.05, 0) is 48.4 Å². The fraction of sp³-hybridized carbons (Fsp3) is 0.300. The van der Waals surface area contributed by atoms with Gasteiger partial charge in [-0.25, -0.2) is 8.42 Å². The Morgan fingerprint density at radius 1 is 1.00 bits per heavy atom. The molecule has 2 amide bonds. The van der Waals surface area contributed by atoms with Crippen molar-refractivity contribution >= 4 is 21.7 Å². The fourth-order valence-corrected chi connectivity index (χ4v) is 3.04. The molecule has 28 heavy (non-hydrogen) atoms. The van der Waals surface area contributed by atoms with Crippen LogP contribution in [0, 0.1) is 0 Å². The van der Waals surface area contributed by atoms with Gasteiger partial charge in [0.1, 0.15) is 5.75 Å². The van der Waals surface area contributed by atoms with Crippen LogP contribution in [0.4, 0.5) is 0 Å². The minimum atomic E-state index is -3.22. The van der Waals surface area contributed by atoms with Gasteiger partial charge in [-0.15, -0.1) is 0 Å². The maximum Gasteiger partial charge on any atom is 0.251 e. The predicted molar refractivity (Wildman–Crippen MR) is 106 cm³/mol. The summed E-state index contributed by atoms with van der Waals surface area (Å²) in [6, 6.07) is 13.2. The summed E-state index contributed by atoms with van der Waals surface area (Å²) in [5.74, 6) is 0.317. The van der Waals surface area contributed by atoms with Crippen molar-refractivity contribution in [3.8, 4) is 5.75 Å². The van der Waals surface area contributed by atoms with Gasteiger partial charge in [-0.2, -0.15) is 0 Å². The van der Waals surface area contributed by atoms with E-state index in [2.05, 4.69) is 10.6 Å². The Labute approximate surface area is 165 Å². The average Bonchev–Trinajstić information content (AvgIpc) is 2.69. The zero-order valence-electron chi connectivity index (χ0n) is 15.9. The van der Waals surface area contributed by atoms with E-state index in [1.807, 2.05) is 0 Å². The van der Waals surface area contributed by atoms with Gasteiger partial charge in [0.15, 0.2) is 9.84 Å². The molecular weight excluding hydrogens is 380 g/mol. The van der Waals surface area contributed by atoms with Gasteiger partial charge in [0.2, 0.25) is 5.91 Å². The molecule has 0 fully saturated rings. The number of amides is 2. The van der Waals surface area contributed by atoms with E-state index in [1.165, 1.54) is 12.1 Å². The van der Waals surface area contributed by atoms with Crippen molar-refractivity contribution in [3.63, 3.8) is 0 Å². The summed E-state index contributed by atoms with van der Waals surface area (Å²) >= 11 is 0. The first-order valence-corrected chi connectivity index (χ1v) is 10.7. The number of carbonyl (C=O) groups is 2. The standard InChI is InChI=1S/C20H24N2O5S/c1-21-20(24)16-7-5-15(6-8-16)14-22-19(23)4-3-13-27-17-9-11-18(12-10-17)28(2,25)26/h5-12H,3-4,13-14H2,1-2H3,(H,21,24)(H,22,23). The van der Waals surface area contributed by atoms with Crippen molar-refractivity contribution in [2.24, 2.45) is 0 Å². The average molecular weight is 404 g/mol. The number of carbonyl (C=O) groups excluding carboxylic acids is 2. The maximum absolute atomic E-state index is 11.9. The van der Waals surface area contributed by atoms with Crippen LogP contribution in [0.1, 0.15) is 28.8 Å². The molecular formula is C20H24N2O5S. The molecule has 0 aromatic heterocycles. The molecule has 0 saturated heterocycles. The van der Waals surface area contributed by atoms with Crippen LogP contribution in [-0.2, 0) is 21.2 Å². The highest BCUT2D eigenvalue weighted by atomic mass is 32.2. The van der Waals surface area contributed by atoms with E-state index in [0.29, 0.717) is 37.3 Å². The van der Waals surface area contributed by atoms with Crippen LogP contribution in [0.5, 0.6) is 5.75 Å². The number of nitrogens with one attached hydrogen (secondary N) is 2. The van der Waals surface area contributed by atoms with Crippen molar-refractivity contribution in [1.29, 1.82) is 0 Å². The largest absolute Gasteiger partial charge is 0.494 e. The smallest absolute Gasteiger partial charge is 0.251 e. The highest BCUT2D eigenvalue weighted by Crippen LogP contribution is 2.16. The zero-order valence-corrected chi connectivity index (χ0v) is 16.7. The molecule has 2 N–H and O–H groups in total.